The number of halogens is 1. The highest BCUT2D eigenvalue weighted by Gasteiger charge is 2.27. The number of ether oxygens (including phenoxy) is 2. The normalized spacial score (nSPS) is 35.8. The van der Waals surface area contributed by atoms with E-state index in [0.717, 1.165) is 25.7 Å². The molecule has 0 bridgehead atoms. The van der Waals surface area contributed by atoms with Crippen molar-refractivity contribution in [3.63, 3.8) is 0 Å². The van der Waals surface area contributed by atoms with E-state index in [1.807, 2.05) is 0 Å². The van der Waals surface area contributed by atoms with Crippen molar-refractivity contribution >= 4 is 22.6 Å². The van der Waals surface area contributed by atoms with E-state index in [1.54, 1.807) is 0 Å². The van der Waals surface area contributed by atoms with Crippen molar-refractivity contribution in [2.45, 2.75) is 35.7 Å². The van der Waals surface area contributed by atoms with Crippen LogP contribution in [0, 0.1) is 5.92 Å². The number of hydrogen-bond acceptors (Lipinski definition) is 2. The Bertz CT molecular complexity index is 157. The van der Waals surface area contributed by atoms with Crippen LogP contribution in [0.5, 0.6) is 0 Å². The molecule has 1 heterocycles. The zero-order valence-electron chi connectivity index (χ0n) is 7.88. The van der Waals surface area contributed by atoms with E-state index in [-0.39, 0.29) is 0 Å². The zero-order valence-corrected chi connectivity index (χ0v) is 10.0. The largest absolute Gasteiger partial charge is 0.378 e. The number of hydrogen-bond donors (Lipinski definition) is 0. The molecule has 0 spiro atoms. The molecule has 0 amide bonds. The van der Waals surface area contributed by atoms with Gasteiger partial charge in [-0.1, -0.05) is 35.4 Å². The third-order valence-electron chi connectivity index (χ3n) is 2.98. The van der Waals surface area contributed by atoms with Crippen LogP contribution in [0.4, 0.5) is 0 Å². The van der Waals surface area contributed by atoms with Gasteiger partial charge >= 0.3 is 0 Å². The lowest BCUT2D eigenvalue weighted by atomic mass is 10.1. The van der Waals surface area contributed by atoms with E-state index in [2.05, 4.69) is 22.6 Å². The van der Waals surface area contributed by atoms with Crippen LogP contribution in [0.2, 0.25) is 0 Å². The summed E-state index contributed by atoms with van der Waals surface area (Å²) < 4.78 is 11.8. The van der Waals surface area contributed by atoms with Crippen LogP contribution in [0.15, 0.2) is 0 Å². The summed E-state index contributed by atoms with van der Waals surface area (Å²) in [6, 6.07) is 0. The highest BCUT2D eigenvalue weighted by atomic mass is 127. The van der Waals surface area contributed by atoms with Gasteiger partial charge in [0, 0.05) is 6.61 Å². The zero-order chi connectivity index (χ0) is 9.10. The predicted octanol–water partition coefficient (Wildman–Crippen LogP) is 2.40. The molecular weight excluding hydrogens is 279 g/mol. The molecule has 76 valence electrons. The van der Waals surface area contributed by atoms with E-state index < -0.39 is 0 Å². The molecule has 1 saturated carbocycles. The van der Waals surface area contributed by atoms with E-state index in [9.17, 15) is 0 Å². The first-order valence-corrected chi connectivity index (χ1v) is 6.44. The van der Waals surface area contributed by atoms with Gasteiger partial charge in [0.1, 0.15) is 0 Å². The van der Waals surface area contributed by atoms with Gasteiger partial charge in [-0.2, -0.15) is 0 Å². The van der Waals surface area contributed by atoms with E-state index in [1.165, 1.54) is 25.7 Å². The number of rotatable bonds is 3. The van der Waals surface area contributed by atoms with Crippen molar-refractivity contribution in [1.82, 2.24) is 0 Å². The molecule has 0 aromatic heterocycles. The van der Waals surface area contributed by atoms with Gasteiger partial charge in [0.2, 0.25) is 0 Å². The fraction of sp³-hybridized carbons (Fsp3) is 1.00. The van der Waals surface area contributed by atoms with Gasteiger partial charge in [-0.3, -0.25) is 0 Å². The summed E-state index contributed by atoms with van der Waals surface area (Å²) in [5.41, 5.74) is 0. The fourth-order valence-corrected chi connectivity index (χ4v) is 2.77. The van der Waals surface area contributed by atoms with Crippen molar-refractivity contribution in [2.75, 3.05) is 19.8 Å². The first kappa shape index (κ1) is 10.2. The summed E-state index contributed by atoms with van der Waals surface area (Å²) in [4.78, 5) is 0. The summed E-state index contributed by atoms with van der Waals surface area (Å²) in [5.74, 6) is 0.837. The van der Waals surface area contributed by atoms with Crippen LogP contribution in [-0.4, -0.2) is 29.8 Å². The molecule has 1 aliphatic carbocycles. The highest BCUT2D eigenvalue weighted by molar-refractivity contribution is 14.1. The lowest BCUT2D eigenvalue weighted by Gasteiger charge is -2.16. The minimum Gasteiger partial charge on any atom is -0.378 e. The summed E-state index contributed by atoms with van der Waals surface area (Å²) in [5, 5.41) is 0. The monoisotopic (exact) mass is 296 g/mol. The van der Waals surface area contributed by atoms with Crippen LogP contribution >= 0.6 is 22.6 Å². The van der Waals surface area contributed by atoms with Gasteiger partial charge in [-0.15, -0.1) is 0 Å². The van der Waals surface area contributed by atoms with Crippen molar-refractivity contribution in [3.8, 4) is 0 Å². The van der Waals surface area contributed by atoms with Crippen LogP contribution < -0.4 is 0 Å². The molecule has 0 radical (unpaired) electrons. The summed E-state index contributed by atoms with van der Waals surface area (Å²) >= 11 is 2.43. The Morgan fingerprint density at radius 2 is 2.00 bits per heavy atom. The van der Waals surface area contributed by atoms with Crippen molar-refractivity contribution in [3.05, 3.63) is 0 Å². The molecule has 2 aliphatic rings. The molecule has 2 fully saturated rings. The second-order valence-electron chi connectivity index (χ2n) is 4.08. The van der Waals surface area contributed by atoms with Gasteiger partial charge in [0.05, 0.1) is 23.2 Å². The second-order valence-corrected chi connectivity index (χ2v) is 5.68. The molecule has 13 heavy (non-hydrogen) atoms. The number of alkyl halides is 1. The summed E-state index contributed by atoms with van der Waals surface area (Å²) in [6.07, 6.45) is 5.92. The summed E-state index contributed by atoms with van der Waals surface area (Å²) in [7, 11) is 0. The molecule has 3 heteroatoms. The van der Waals surface area contributed by atoms with Gasteiger partial charge in [0.15, 0.2) is 0 Å². The van der Waals surface area contributed by atoms with E-state index in [0.29, 0.717) is 10.0 Å². The Kier molecular flexibility index (Phi) is 3.86. The Morgan fingerprint density at radius 3 is 2.62 bits per heavy atom. The summed E-state index contributed by atoms with van der Waals surface area (Å²) in [6.45, 7) is 2.64. The lowest BCUT2D eigenvalue weighted by molar-refractivity contribution is 0.0259. The fourth-order valence-electron chi connectivity index (χ4n) is 2.10. The molecular formula is C10H17IO2. The third-order valence-corrected chi connectivity index (χ3v) is 4.15. The SMILES string of the molecule is IC1COCC1OCC1CCCC1. The molecule has 0 aromatic carbocycles. The van der Waals surface area contributed by atoms with Crippen molar-refractivity contribution in [2.24, 2.45) is 5.92 Å². The molecule has 0 aromatic rings. The lowest BCUT2D eigenvalue weighted by Crippen LogP contribution is -2.24. The maximum Gasteiger partial charge on any atom is 0.0948 e. The average molecular weight is 296 g/mol. The molecule has 2 rings (SSSR count). The van der Waals surface area contributed by atoms with Crippen molar-refractivity contribution in [1.29, 1.82) is 0 Å². The van der Waals surface area contributed by atoms with Crippen LogP contribution in [0.25, 0.3) is 0 Å². The maximum atomic E-state index is 5.87. The predicted molar refractivity (Wildman–Crippen MR) is 60.3 cm³/mol. The Labute approximate surface area is 93.5 Å². The van der Waals surface area contributed by atoms with Gasteiger partial charge < -0.3 is 9.47 Å². The quantitative estimate of drug-likeness (QED) is 0.588. The molecule has 2 unspecified atom stereocenters. The second kappa shape index (κ2) is 4.94. The smallest absolute Gasteiger partial charge is 0.0948 e. The molecule has 1 saturated heterocycles. The van der Waals surface area contributed by atoms with E-state index >= 15 is 0 Å². The topological polar surface area (TPSA) is 18.5 Å². The highest BCUT2D eigenvalue weighted by Crippen LogP contribution is 2.26. The minimum atomic E-state index is 0.362. The Hall–Kier alpha value is 0.650. The maximum absolute atomic E-state index is 5.87. The average Bonchev–Trinajstić information content (AvgIpc) is 2.72. The molecule has 1 aliphatic heterocycles. The van der Waals surface area contributed by atoms with Crippen molar-refractivity contribution < 1.29 is 9.47 Å². The van der Waals surface area contributed by atoms with Crippen LogP contribution in [0.1, 0.15) is 25.7 Å². The first-order valence-electron chi connectivity index (χ1n) is 5.19. The molecule has 2 atom stereocenters. The molecule has 0 N–H and O–H groups in total. The van der Waals surface area contributed by atoms with Crippen LogP contribution in [0.3, 0.4) is 0 Å². The minimum absolute atomic E-state index is 0.362. The van der Waals surface area contributed by atoms with Gasteiger partial charge in [-0.05, 0) is 18.8 Å². The Morgan fingerprint density at radius 1 is 1.23 bits per heavy atom. The van der Waals surface area contributed by atoms with Gasteiger partial charge in [-0.25, -0.2) is 0 Å². The molecule has 2 nitrogen and oxygen atoms in total. The van der Waals surface area contributed by atoms with Gasteiger partial charge in [0.25, 0.3) is 0 Å². The standard InChI is InChI=1S/C10H17IO2/c11-9-6-12-7-10(9)13-5-8-3-1-2-4-8/h8-10H,1-7H2. The first-order chi connectivity index (χ1) is 6.36. The van der Waals surface area contributed by atoms with Crippen LogP contribution in [-0.2, 0) is 9.47 Å². The van der Waals surface area contributed by atoms with E-state index in [4.69, 9.17) is 9.47 Å². The Balaban J connectivity index is 1.66. The third kappa shape index (κ3) is 2.80.